The third kappa shape index (κ3) is 2.98. The predicted molar refractivity (Wildman–Crippen MR) is 95.3 cm³/mol. The third-order valence-corrected chi connectivity index (χ3v) is 4.64. The summed E-state index contributed by atoms with van der Waals surface area (Å²) in [7, 11) is 2.95. The van der Waals surface area contributed by atoms with E-state index in [1.54, 1.807) is 36.4 Å². The number of ether oxygens (including phenoxy) is 2. The van der Waals surface area contributed by atoms with Gasteiger partial charge in [-0.15, -0.1) is 0 Å². The first kappa shape index (κ1) is 18.7. The van der Waals surface area contributed by atoms with Gasteiger partial charge in [-0.2, -0.15) is 0 Å². The van der Waals surface area contributed by atoms with Crippen LogP contribution in [-0.4, -0.2) is 36.4 Å². The summed E-state index contributed by atoms with van der Waals surface area (Å²) in [5.74, 6) is 0.370. The zero-order chi connectivity index (χ0) is 19.6. The van der Waals surface area contributed by atoms with Crippen LogP contribution in [0.3, 0.4) is 0 Å². The molecule has 8 nitrogen and oxygen atoms in total. The van der Waals surface area contributed by atoms with Gasteiger partial charge in [0.2, 0.25) is 0 Å². The lowest BCUT2D eigenvalue weighted by atomic mass is 9.81. The van der Waals surface area contributed by atoms with E-state index >= 15 is 0 Å². The van der Waals surface area contributed by atoms with Crippen molar-refractivity contribution in [1.29, 1.82) is 0 Å². The van der Waals surface area contributed by atoms with Crippen LogP contribution >= 0.6 is 0 Å². The Hall–Kier alpha value is -3.10. The molecular weight excluding hydrogens is 352 g/mol. The fourth-order valence-corrected chi connectivity index (χ4v) is 3.30. The summed E-state index contributed by atoms with van der Waals surface area (Å²) in [5.41, 5.74) is 0.330. The van der Waals surface area contributed by atoms with Gasteiger partial charge in [0, 0.05) is 11.1 Å². The van der Waals surface area contributed by atoms with Crippen molar-refractivity contribution >= 4 is 11.9 Å². The van der Waals surface area contributed by atoms with Crippen molar-refractivity contribution in [2.75, 3.05) is 14.2 Å². The molecule has 0 radical (unpaired) electrons. The second kappa shape index (κ2) is 7.26. The Morgan fingerprint density at radius 3 is 1.70 bits per heavy atom. The number of aliphatic hydroxyl groups is 2. The number of carbonyl (C=O) groups is 2. The fourth-order valence-electron chi connectivity index (χ4n) is 3.30. The summed E-state index contributed by atoms with van der Waals surface area (Å²) in [6.45, 7) is -0.597. The van der Waals surface area contributed by atoms with Gasteiger partial charge in [0.1, 0.15) is 11.5 Å². The fraction of sp³-hybridized carbons (Fsp3) is 0.263. The zero-order valence-corrected chi connectivity index (χ0v) is 14.9. The average molecular weight is 372 g/mol. The standard InChI is InChI=1S/C19H20N2O6/c1-26-15-5-3-13(7-11(15)9-22)19(17(24)20-18(25)21-19)14-4-6-16(27-2)12(8-14)10-23/h3-8,22-23H,9-10H2,1-2H3,(H2,20,21,24,25). The minimum atomic E-state index is -1.51. The topological polar surface area (TPSA) is 117 Å². The Bertz CT molecular complexity index is 840. The molecule has 0 aliphatic carbocycles. The largest absolute Gasteiger partial charge is 0.496 e. The van der Waals surface area contributed by atoms with E-state index < -0.39 is 17.5 Å². The summed E-state index contributed by atoms with van der Waals surface area (Å²) in [6, 6.07) is 9.11. The molecule has 1 fully saturated rings. The van der Waals surface area contributed by atoms with E-state index in [0.29, 0.717) is 33.8 Å². The van der Waals surface area contributed by atoms with Gasteiger partial charge >= 0.3 is 6.03 Å². The van der Waals surface area contributed by atoms with Crippen LogP contribution in [0.2, 0.25) is 0 Å². The molecule has 3 amide bonds. The SMILES string of the molecule is COc1ccc(C2(c3ccc(OC)c(CO)c3)NC(=O)NC2=O)cc1CO. The van der Waals surface area contributed by atoms with Gasteiger partial charge in [0.15, 0.2) is 5.54 Å². The molecule has 0 bridgehead atoms. The highest BCUT2D eigenvalue weighted by molar-refractivity contribution is 6.09. The molecule has 1 aliphatic heterocycles. The van der Waals surface area contributed by atoms with E-state index in [0.717, 1.165) is 0 Å². The molecule has 0 saturated carbocycles. The molecule has 0 aromatic heterocycles. The van der Waals surface area contributed by atoms with E-state index in [-0.39, 0.29) is 13.2 Å². The molecule has 0 unspecified atom stereocenters. The zero-order valence-electron chi connectivity index (χ0n) is 14.9. The Morgan fingerprint density at radius 1 is 0.889 bits per heavy atom. The second-order valence-electron chi connectivity index (χ2n) is 6.03. The Morgan fingerprint density at radius 2 is 1.37 bits per heavy atom. The lowest BCUT2D eigenvalue weighted by Crippen LogP contribution is -2.45. The highest BCUT2D eigenvalue weighted by Crippen LogP contribution is 2.37. The number of imide groups is 1. The van der Waals surface area contributed by atoms with Crippen LogP contribution in [0, 0.1) is 0 Å². The first-order valence-corrected chi connectivity index (χ1v) is 8.20. The molecule has 2 aromatic carbocycles. The van der Waals surface area contributed by atoms with Gasteiger partial charge in [0.25, 0.3) is 5.91 Å². The van der Waals surface area contributed by atoms with Gasteiger partial charge < -0.3 is 25.0 Å². The van der Waals surface area contributed by atoms with Gasteiger partial charge in [0.05, 0.1) is 27.4 Å². The number of methoxy groups -OCH3 is 2. The van der Waals surface area contributed by atoms with E-state index in [1.165, 1.54) is 14.2 Å². The van der Waals surface area contributed by atoms with Crippen LogP contribution < -0.4 is 20.1 Å². The predicted octanol–water partition coefficient (Wildman–Crippen LogP) is 0.771. The number of nitrogens with one attached hydrogen (secondary N) is 2. The lowest BCUT2D eigenvalue weighted by Gasteiger charge is -2.28. The van der Waals surface area contributed by atoms with Crippen molar-refractivity contribution in [3.63, 3.8) is 0 Å². The monoisotopic (exact) mass is 372 g/mol. The second-order valence-corrected chi connectivity index (χ2v) is 6.03. The summed E-state index contributed by atoms with van der Waals surface area (Å²) < 4.78 is 10.4. The van der Waals surface area contributed by atoms with E-state index in [4.69, 9.17) is 9.47 Å². The van der Waals surface area contributed by atoms with Crippen LogP contribution in [-0.2, 0) is 23.5 Å². The first-order chi connectivity index (χ1) is 13.0. The number of benzene rings is 2. The minimum Gasteiger partial charge on any atom is -0.496 e. The molecule has 3 rings (SSSR count). The van der Waals surface area contributed by atoms with Crippen LogP contribution in [0.25, 0.3) is 0 Å². The van der Waals surface area contributed by atoms with Crippen molar-refractivity contribution in [3.05, 3.63) is 58.7 Å². The highest BCUT2D eigenvalue weighted by atomic mass is 16.5. The van der Waals surface area contributed by atoms with E-state index in [2.05, 4.69) is 10.6 Å². The lowest BCUT2D eigenvalue weighted by molar-refractivity contribution is -0.122. The summed E-state index contributed by atoms with van der Waals surface area (Å²) in [6.07, 6.45) is 0. The quantitative estimate of drug-likeness (QED) is 0.557. The molecule has 0 spiro atoms. The van der Waals surface area contributed by atoms with Crippen LogP contribution in [0.1, 0.15) is 22.3 Å². The summed E-state index contributed by atoms with van der Waals surface area (Å²) >= 11 is 0. The number of hydrogen-bond donors (Lipinski definition) is 4. The molecular formula is C19H20N2O6. The smallest absolute Gasteiger partial charge is 0.322 e. The molecule has 8 heteroatoms. The van der Waals surface area contributed by atoms with E-state index in [1.807, 2.05) is 0 Å². The van der Waals surface area contributed by atoms with Gasteiger partial charge in [-0.25, -0.2) is 4.79 Å². The number of urea groups is 1. The number of amides is 3. The van der Waals surface area contributed by atoms with Crippen molar-refractivity contribution < 1.29 is 29.3 Å². The van der Waals surface area contributed by atoms with Crippen LogP contribution in [0.5, 0.6) is 11.5 Å². The maximum Gasteiger partial charge on any atom is 0.322 e. The molecule has 4 N–H and O–H groups in total. The highest BCUT2D eigenvalue weighted by Gasteiger charge is 2.49. The number of carbonyl (C=O) groups excluding carboxylic acids is 2. The normalized spacial score (nSPS) is 15.3. The summed E-state index contributed by atoms with van der Waals surface area (Å²) in [4.78, 5) is 24.8. The van der Waals surface area contributed by atoms with Gasteiger partial charge in [-0.05, 0) is 35.4 Å². The van der Waals surface area contributed by atoms with Gasteiger partial charge in [-0.1, -0.05) is 12.1 Å². The first-order valence-electron chi connectivity index (χ1n) is 8.20. The summed E-state index contributed by atoms with van der Waals surface area (Å²) in [5, 5.41) is 24.2. The molecule has 0 atom stereocenters. The number of hydrogen-bond acceptors (Lipinski definition) is 6. The van der Waals surface area contributed by atoms with Crippen LogP contribution in [0.15, 0.2) is 36.4 Å². The van der Waals surface area contributed by atoms with Crippen LogP contribution in [0.4, 0.5) is 4.79 Å². The molecule has 2 aromatic rings. The van der Waals surface area contributed by atoms with Crippen molar-refractivity contribution in [2.24, 2.45) is 0 Å². The third-order valence-electron chi connectivity index (χ3n) is 4.64. The molecule has 142 valence electrons. The maximum atomic E-state index is 12.8. The molecule has 1 saturated heterocycles. The number of aliphatic hydroxyl groups excluding tert-OH is 2. The average Bonchev–Trinajstić information content (AvgIpc) is 3.01. The molecule has 27 heavy (non-hydrogen) atoms. The Balaban J connectivity index is 2.24. The maximum absolute atomic E-state index is 12.8. The van der Waals surface area contributed by atoms with Crippen molar-refractivity contribution in [3.8, 4) is 11.5 Å². The molecule has 1 heterocycles. The van der Waals surface area contributed by atoms with Gasteiger partial charge in [-0.3, -0.25) is 10.1 Å². The molecule has 1 aliphatic rings. The number of rotatable bonds is 6. The minimum absolute atomic E-state index is 0.298. The van der Waals surface area contributed by atoms with Crippen molar-refractivity contribution in [1.82, 2.24) is 10.6 Å². The Labute approximate surface area is 155 Å². The van der Waals surface area contributed by atoms with E-state index in [9.17, 15) is 19.8 Å². The Kier molecular flexibility index (Phi) is 5.02. The van der Waals surface area contributed by atoms with Crippen molar-refractivity contribution in [2.45, 2.75) is 18.8 Å².